The second-order valence-corrected chi connectivity index (χ2v) is 15.1. The van der Waals surface area contributed by atoms with Crippen molar-refractivity contribution in [3.8, 4) is 0 Å². The van der Waals surface area contributed by atoms with Gasteiger partial charge in [-0.05, 0) is 92.3 Å². The Labute approximate surface area is 197 Å². The highest BCUT2D eigenvalue weighted by molar-refractivity contribution is 5.49. The van der Waals surface area contributed by atoms with Crippen LogP contribution in [0.5, 0.6) is 0 Å². The molecule has 0 aromatic carbocycles. The van der Waals surface area contributed by atoms with Crippen molar-refractivity contribution < 1.29 is 4.74 Å². The van der Waals surface area contributed by atoms with Gasteiger partial charge in [-0.25, -0.2) is 0 Å². The molecule has 0 radical (unpaired) electrons. The zero-order valence-corrected chi connectivity index (χ0v) is 22.1. The summed E-state index contributed by atoms with van der Waals surface area (Å²) in [6.45, 7) is 19.8. The number of rotatable bonds is 1. The molecule has 3 heterocycles. The predicted molar refractivity (Wildman–Crippen MR) is 130 cm³/mol. The average molecular weight is 440 g/mol. The van der Waals surface area contributed by atoms with Gasteiger partial charge < -0.3 is 4.74 Å². The lowest BCUT2D eigenvalue weighted by Gasteiger charge is -2.68. The van der Waals surface area contributed by atoms with Crippen LogP contribution in [0.2, 0.25) is 0 Å². The molecule has 0 amide bonds. The Balaban J connectivity index is 1.28. The van der Waals surface area contributed by atoms with E-state index in [1.807, 2.05) is 0 Å². The molecule has 10 unspecified atom stereocenters. The van der Waals surface area contributed by atoms with Crippen molar-refractivity contribution in [1.82, 2.24) is 4.90 Å². The summed E-state index contributed by atoms with van der Waals surface area (Å²) < 4.78 is 7.17. The Morgan fingerprint density at radius 1 is 0.812 bits per heavy atom. The van der Waals surface area contributed by atoms with Crippen LogP contribution in [0.25, 0.3) is 0 Å². The molecule has 32 heavy (non-hydrogen) atoms. The number of ether oxygens (including phenoxy) is 1. The van der Waals surface area contributed by atoms with Gasteiger partial charge in [0.25, 0.3) is 0 Å². The van der Waals surface area contributed by atoms with E-state index in [4.69, 9.17) is 4.74 Å². The summed E-state index contributed by atoms with van der Waals surface area (Å²) in [4.78, 5) is 3.10. The van der Waals surface area contributed by atoms with Gasteiger partial charge in [0.1, 0.15) is 0 Å². The first kappa shape index (κ1) is 21.2. The maximum Gasteiger partial charge on any atom is 0.0764 e. The topological polar surface area (TPSA) is 12.5 Å². The lowest BCUT2D eigenvalue weighted by Crippen LogP contribution is -2.74. The van der Waals surface area contributed by atoms with Gasteiger partial charge in [-0.2, -0.15) is 0 Å². The molecule has 0 N–H and O–H groups in total. The summed E-state index contributed by atoms with van der Waals surface area (Å²) >= 11 is 0. The first-order valence-corrected chi connectivity index (χ1v) is 14.5. The molecule has 180 valence electrons. The Hall–Kier alpha value is -0.0800. The molecule has 2 heteroatoms. The minimum atomic E-state index is 0.324. The molecule has 4 aliphatic carbocycles. The van der Waals surface area contributed by atoms with E-state index in [9.17, 15) is 0 Å². The largest absolute Gasteiger partial charge is 0.372 e. The van der Waals surface area contributed by atoms with Gasteiger partial charge in [-0.15, -0.1) is 0 Å². The van der Waals surface area contributed by atoms with Gasteiger partial charge in [-0.3, -0.25) is 4.90 Å². The van der Waals surface area contributed by atoms with E-state index in [1.54, 1.807) is 0 Å². The third kappa shape index (κ3) is 1.89. The van der Waals surface area contributed by atoms with Crippen molar-refractivity contribution in [2.75, 3.05) is 6.54 Å². The minimum Gasteiger partial charge on any atom is -0.372 e. The normalized spacial score (nSPS) is 67.6. The fourth-order valence-electron chi connectivity index (χ4n) is 12.9. The predicted octanol–water partition coefficient (Wildman–Crippen LogP) is 7.07. The van der Waals surface area contributed by atoms with Crippen molar-refractivity contribution in [2.24, 2.45) is 45.3 Å². The number of hydrogen-bond acceptors (Lipinski definition) is 2. The highest BCUT2D eigenvalue weighted by atomic mass is 16.5. The molecule has 12 atom stereocenters. The van der Waals surface area contributed by atoms with Crippen LogP contribution in [-0.2, 0) is 4.74 Å². The fraction of sp³-hybridized carbons (Fsp3) is 1.00. The van der Waals surface area contributed by atoms with Crippen molar-refractivity contribution in [1.29, 1.82) is 0 Å². The average Bonchev–Trinajstić information content (AvgIpc) is 3.50. The van der Waals surface area contributed by atoms with E-state index >= 15 is 0 Å². The molecule has 3 saturated heterocycles. The van der Waals surface area contributed by atoms with Crippen LogP contribution in [0.1, 0.15) is 113 Å². The second-order valence-electron chi connectivity index (χ2n) is 15.1. The molecule has 7 aliphatic rings. The van der Waals surface area contributed by atoms with E-state index in [2.05, 4.69) is 53.4 Å². The molecule has 0 aromatic rings. The number of hydrogen-bond donors (Lipinski definition) is 0. The number of piperidine rings is 2. The molecule has 4 saturated carbocycles. The van der Waals surface area contributed by atoms with E-state index in [0.29, 0.717) is 50.9 Å². The Bertz CT molecular complexity index is 856. The van der Waals surface area contributed by atoms with E-state index in [-0.39, 0.29) is 0 Å². The summed E-state index contributed by atoms with van der Waals surface area (Å²) in [7, 11) is 0. The SMILES string of the molecule is CC1CCCC(C2OC3CN4C(C)(CC3(C)C2C)C2(C)CCCCC23C(C)[C@]32C[C@]42C)C1. The molecular weight excluding hydrogens is 390 g/mol. The molecule has 3 aliphatic heterocycles. The summed E-state index contributed by atoms with van der Waals surface area (Å²) in [5, 5.41) is 0. The van der Waals surface area contributed by atoms with Gasteiger partial charge in [-0.1, -0.05) is 60.3 Å². The lowest BCUT2D eigenvalue weighted by molar-refractivity contribution is -0.206. The molecule has 2 spiro atoms. The van der Waals surface area contributed by atoms with Crippen molar-refractivity contribution in [3.05, 3.63) is 0 Å². The van der Waals surface area contributed by atoms with E-state index < -0.39 is 0 Å². The minimum absolute atomic E-state index is 0.324. The van der Waals surface area contributed by atoms with Crippen LogP contribution < -0.4 is 0 Å². The Morgan fingerprint density at radius 2 is 1.56 bits per heavy atom. The van der Waals surface area contributed by atoms with Crippen LogP contribution in [-0.4, -0.2) is 34.7 Å². The van der Waals surface area contributed by atoms with Crippen molar-refractivity contribution in [3.63, 3.8) is 0 Å². The maximum absolute atomic E-state index is 7.17. The highest BCUT2D eigenvalue weighted by Crippen LogP contribution is 2.99. The molecule has 0 bridgehead atoms. The third-order valence-electron chi connectivity index (χ3n) is 14.6. The monoisotopic (exact) mass is 439 g/mol. The van der Waals surface area contributed by atoms with Gasteiger partial charge in [0.05, 0.1) is 12.2 Å². The highest BCUT2D eigenvalue weighted by Gasteiger charge is 2.99. The molecule has 0 aromatic heterocycles. The molecule has 2 nitrogen and oxygen atoms in total. The van der Waals surface area contributed by atoms with Gasteiger partial charge in [0, 0.05) is 23.0 Å². The van der Waals surface area contributed by atoms with Crippen LogP contribution in [0.15, 0.2) is 0 Å². The van der Waals surface area contributed by atoms with E-state index in [1.165, 1.54) is 70.8 Å². The molecule has 7 fully saturated rings. The first-order chi connectivity index (χ1) is 15.0. The lowest BCUT2D eigenvalue weighted by atomic mass is 9.46. The maximum atomic E-state index is 7.17. The summed E-state index contributed by atoms with van der Waals surface area (Å²) in [6.07, 6.45) is 15.3. The quantitative estimate of drug-likeness (QED) is 0.433. The fourth-order valence-corrected chi connectivity index (χ4v) is 12.9. The summed E-state index contributed by atoms with van der Waals surface area (Å²) in [5.41, 5.74) is 2.82. The number of nitrogens with zero attached hydrogens (tertiary/aromatic N) is 1. The second kappa shape index (κ2) is 5.83. The van der Waals surface area contributed by atoms with Crippen LogP contribution in [0.3, 0.4) is 0 Å². The Morgan fingerprint density at radius 3 is 2.31 bits per heavy atom. The van der Waals surface area contributed by atoms with Crippen LogP contribution >= 0.6 is 0 Å². The summed E-state index contributed by atoms with van der Waals surface area (Å²) in [6, 6.07) is 0. The standard InChI is InChI=1S/C30H49NO/c1-19-11-10-12-22(15-19)24-20(2)25(4)17-27(6)26(5)13-8-9-14-29(26)21(3)30(29)18-28(30,7)31(27)16-23(25)32-24/h19-24H,8-18H2,1-7H3/t19?,20?,21?,22?,23?,24?,25?,26?,27?,28-,29?,30-/m0/s1. The van der Waals surface area contributed by atoms with Crippen molar-refractivity contribution in [2.45, 2.75) is 136 Å². The van der Waals surface area contributed by atoms with Gasteiger partial charge in [0.2, 0.25) is 0 Å². The molecular formula is C30H49NO. The van der Waals surface area contributed by atoms with E-state index in [0.717, 1.165) is 17.8 Å². The Kier molecular flexibility index (Phi) is 3.86. The first-order valence-electron chi connectivity index (χ1n) is 14.5. The zero-order valence-electron chi connectivity index (χ0n) is 22.1. The number of fused-ring (bicyclic) bond motifs is 4. The van der Waals surface area contributed by atoms with Gasteiger partial charge in [0.15, 0.2) is 0 Å². The van der Waals surface area contributed by atoms with Crippen molar-refractivity contribution >= 4 is 0 Å². The molecule has 7 rings (SSSR count). The van der Waals surface area contributed by atoms with Gasteiger partial charge >= 0.3 is 0 Å². The van der Waals surface area contributed by atoms with Crippen LogP contribution in [0.4, 0.5) is 0 Å². The third-order valence-corrected chi connectivity index (χ3v) is 14.6. The summed E-state index contributed by atoms with van der Waals surface area (Å²) in [5.74, 6) is 3.31. The van der Waals surface area contributed by atoms with Crippen LogP contribution in [0, 0.1) is 45.3 Å². The zero-order chi connectivity index (χ0) is 22.5. The smallest absolute Gasteiger partial charge is 0.0764 e.